The molecule has 170 valence electrons. The molecule has 4 rings (SSSR count). The van der Waals surface area contributed by atoms with E-state index >= 15 is 0 Å². The Bertz CT molecular complexity index is 1080. The lowest BCUT2D eigenvalue weighted by Gasteiger charge is -2.24. The van der Waals surface area contributed by atoms with Crippen LogP contribution in [0.2, 0.25) is 5.02 Å². The van der Waals surface area contributed by atoms with Crippen molar-refractivity contribution in [2.75, 3.05) is 0 Å². The Morgan fingerprint density at radius 2 is 1.97 bits per heavy atom. The van der Waals surface area contributed by atoms with Crippen LogP contribution < -0.4 is 10.1 Å². The summed E-state index contributed by atoms with van der Waals surface area (Å²) in [5.74, 6) is 0.478. The van der Waals surface area contributed by atoms with E-state index in [1.54, 1.807) is 5.51 Å². The third-order valence-corrected chi connectivity index (χ3v) is 6.40. The van der Waals surface area contributed by atoms with Gasteiger partial charge in [0.05, 0.1) is 20.9 Å². The van der Waals surface area contributed by atoms with Crippen LogP contribution in [0, 0.1) is 0 Å². The first-order valence-corrected chi connectivity index (χ1v) is 12.1. The van der Waals surface area contributed by atoms with Gasteiger partial charge in [-0.3, -0.25) is 0 Å². The number of hydrogen-bond donors (Lipinski definition) is 1. The Balaban J connectivity index is 1.41. The molecule has 1 aliphatic carbocycles. The van der Waals surface area contributed by atoms with E-state index in [4.69, 9.17) is 21.1 Å². The molecule has 0 aliphatic heterocycles. The van der Waals surface area contributed by atoms with Crippen molar-refractivity contribution in [1.82, 2.24) is 20.5 Å². The molecule has 3 aromatic rings. The third kappa shape index (κ3) is 5.66. The highest BCUT2D eigenvalue weighted by Gasteiger charge is 2.25. The van der Waals surface area contributed by atoms with Crippen molar-refractivity contribution in [2.45, 2.75) is 70.6 Å². The number of fused-ring (bicyclic) bond motifs is 1. The minimum atomic E-state index is -0.517. The highest BCUT2D eigenvalue weighted by atomic mass is 35.5. The fraction of sp³-hybridized carbons (Fsp3) is 0.478. The average molecular weight is 475 g/mol. The van der Waals surface area contributed by atoms with Crippen LogP contribution >= 0.6 is 22.9 Å². The summed E-state index contributed by atoms with van der Waals surface area (Å²) in [4.78, 5) is 16.5. The van der Waals surface area contributed by atoms with Gasteiger partial charge in [-0.1, -0.05) is 18.0 Å². The van der Waals surface area contributed by atoms with Gasteiger partial charge in [-0.05, 0) is 58.2 Å². The van der Waals surface area contributed by atoms with Gasteiger partial charge in [0.1, 0.15) is 17.2 Å². The van der Waals surface area contributed by atoms with Gasteiger partial charge in [-0.25, -0.2) is 9.78 Å². The molecule has 1 unspecified atom stereocenters. The van der Waals surface area contributed by atoms with Crippen LogP contribution in [0.15, 0.2) is 29.8 Å². The summed E-state index contributed by atoms with van der Waals surface area (Å²) in [6.07, 6.45) is 4.18. The Kier molecular flexibility index (Phi) is 6.81. The number of amides is 1. The molecule has 32 heavy (non-hydrogen) atoms. The van der Waals surface area contributed by atoms with E-state index in [1.165, 1.54) is 11.3 Å². The molecule has 1 saturated carbocycles. The van der Waals surface area contributed by atoms with Crippen LogP contribution in [0.1, 0.15) is 52.9 Å². The van der Waals surface area contributed by atoms with Gasteiger partial charge in [0, 0.05) is 24.1 Å². The molecule has 1 aliphatic rings. The van der Waals surface area contributed by atoms with Crippen LogP contribution in [0.5, 0.6) is 5.88 Å². The van der Waals surface area contributed by atoms with Gasteiger partial charge in [-0.15, -0.1) is 21.5 Å². The highest BCUT2D eigenvalue weighted by molar-refractivity contribution is 7.17. The second-order valence-corrected chi connectivity index (χ2v) is 10.2. The zero-order valence-corrected chi connectivity index (χ0v) is 20.0. The van der Waals surface area contributed by atoms with E-state index in [0.29, 0.717) is 17.3 Å². The standard InChI is InChI=1S/C23H27ClN4O3S/c1-23(2,3)31-22(29)26-14-6-4-5-7-15(12-14)30-19-11-10-18(27-28-19)16-8-9-17(24)20-21(16)32-13-25-20/h8-11,13-15H,4-7,12H2,1-3H3,(H,26,29)/t14?,15-/m1/s1. The predicted octanol–water partition coefficient (Wildman–Crippen LogP) is 6.01. The van der Waals surface area contributed by atoms with Crippen molar-refractivity contribution in [3.63, 3.8) is 0 Å². The highest BCUT2D eigenvalue weighted by Crippen LogP contribution is 2.34. The molecule has 2 aromatic heterocycles. The number of nitrogens with zero attached hydrogens (tertiary/aromatic N) is 3. The van der Waals surface area contributed by atoms with Crippen LogP contribution in [0.25, 0.3) is 21.5 Å². The molecular formula is C23H27ClN4O3S. The number of alkyl carbamates (subject to hydrolysis) is 1. The number of carbonyl (C=O) groups is 1. The summed E-state index contributed by atoms with van der Waals surface area (Å²) in [5, 5.41) is 12.3. The van der Waals surface area contributed by atoms with Gasteiger partial charge < -0.3 is 14.8 Å². The van der Waals surface area contributed by atoms with Crippen LogP contribution in [-0.4, -0.2) is 39.0 Å². The lowest BCUT2D eigenvalue weighted by Crippen LogP contribution is -2.40. The van der Waals surface area contributed by atoms with E-state index in [2.05, 4.69) is 20.5 Å². The molecule has 1 N–H and O–H groups in total. The predicted molar refractivity (Wildman–Crippen MR) is 126 cm³/mol. The summed E-state index contributed by atoms with van der Waals surface area (Å²) >= 11 is 7.76. The maximum atomic E-state index is 12.2. The Morgan fingerprint density at radius 1 is 1.16 bits per heavy atom. The second kappa shape index (κ2) is 9.58. The molecule has 9 heteroatoms. The van der Waals surface area contributed by atoms with Gasteiger partial charge in [0.2, 0.25) is 5.88 Å². The normalized spacial score (nSPS) is 19.4. The molecule has 2 atom stereocenters. The molecule has 7 nitrogen and oxygen atoms in total. The average Bonchev–Trinajstić information content (AvgIpc) is 3.12. The number of aromatic nitrogens is 3. The van der Waals surface area contributed by atoms with Gasteiger partial charge in [0.25, 0.3) is 0 Å². The molecular weight excluding hydrogens is 448 g/mol. The monoisotopic (exact) mass is 474 g/mol. The molecule has 0 saturated heterocycles. The minimum absolute atomic E-state index is 0.0123. The maximum absolute atomic E-state index is 12.2. The molecule has 2 heterocycles. The Labute approximate surface area is 196 Å². The van der Waals surface area contributed by atoms with E-state index in [9.17, 15) is 4.79 Å². The molecule has 0 bridgehead atoms. The first kappa shape index (κ1) is 22.7. The topological polar surface area (TPSA) is 86.2 Å². The smallest absolute Gasteiger partial charge is 0.407 e. The maximum Gasteiger partial charge on any atom is 0.407 e. The summed E-state index contributed by atoms with van der Waals surface area (Å²) in [6, 6.07) is 7.52. The first-order chi connectivity index (χ1) is 15.3. The van der Waals surface area contributed by atoms with E-state index < -0.39 is 5.60 Å². The number of carbonyl (C=O) groups excluding carboxylic acids is 1. The number of halogens is 1. The number of nitrogens with one attached hydrogen (secondary N) is 1. The number of ether oxygens (including phenoxy) is 2. The summed E-state index contributed by atoms with van der Waals surface area (Å²) < 4.78 is 12.5. The molecule has 0 spiro atoms. The van der Waals surface area contributed by atoms with Crippen LogP contribution in [0.4, 0.5) is 4.79 Å². The van der Waals surface area contributed by atoms with E-state index in [1.807, 2.05) is 45.0 Å². The van der Waals surface area contributed by atoms with Crippen molar-refractivity contribution in [1.29, 1.82) is 0 Å². The first-order valence-electron chi connectivity index (χ1n) is 10.8. The number of hydrogen-bond acceptors (Lipinski definition) is 7. The zero-order valence-electron chi connectivity index (χ0n) is 18.4. The fourth-order valence-corrected chi connectivity index (χ4v) is 4.95. The minimum Gasteiger partial charge on any atom is -0.473 e. The van der Waals surface area contributed by atoms with E-state index in [-0.39, 0.29) is 18.2 Å². The lowest BCUT2D eigenvalue weighted by molar-refractivity contribution is 0.0488. The summed E-state index contributed by atoms with van der Waals surface area (Å²) in [7, 11) is 0. The second-order valence-electron chi connectivity index (χ2n) is 8.99. The van der Waals surface area contributed by atoms with Gasteiger partial charge in [-0.2, -0.15) is 0 Å². The Hall–Kier alpha value is -2.45. The van der Waals surface area contributed by atoms with E-state index in [0.717, 1.165) is 47.2 Å². The summed E-state index contributed by atoms with van der Waals surface area (Å²) in [5.41, 5.74) is 3.73. The molecule has 0 radical (unpaired) electrons. The number of rotatable bonds is 4. The fourth-order valence-electron chi connectivity index (χ4n) is 3.85. The molecule has 1 amide bonds. The quantitative estimate of drug-likeness (QED) is 0.466. The summed E-state index contributed by atoms with van der Waals surface area (Å²) in [6.45, 7) is 5.58. The van der Waals surface area contributed by atoms with Gasteiger partial charge >= 0.3 is 6.09 Å². The SMILES string of the molecule is CC(C)(C)OC(=O)NC1CCCC[C@@H](Oc2ccc(-c3ccc(Cl)c4ncsc34)nn2)C1. The van der Waals surface area contributed by atoms with Crippen molar-refractivity contribution in [3.8, 4) is 17.1 Å². The number of benzene rings is 1. The number of thiazole rings is 1. The van der Waals surface area contributed by atoms with Crippen LogP contribution in [-0.2, 0) is 4.74 Å². The molecule has 1 aromatic carbocycles. The van der Waals surface area contributed by atoms with Crippen molar-refractivity contribution < 1.29 is 14.3 Å². The zero-order chi connectivity index (χ0) is 22.7. The van der Waals surface area contributed by atoms with Crippen molar-refractivity contribution >= 4 is 39.2 Å². The lowest BCUT2D eigenvalue weighted by atomic mass is 10.1. The largest absolute Gasteiger partial charge is 0.473 e. The van der Waals surface area contributed by atoms with Gasteiger partial charge in [0.15, 0.2) is 0 Å². The van der Waals surface area contributed by atoms with Crippen molar-refractivity contribution in [3.05, 3.63) is 34.8 Å². The van der Waals surface area contributed by atoms with Crippen LogP contribution in [0.3, 0.4) is 0 Å². The Morgan fingerprint density at radius 3 is 2.72 bits per heavy atom. The third-order valence-electron chi connectivity index (χ3n) is 5.24. The molecule has 1 fully saturated rings. The van der Waals surface area contributed by atoms with Crippen molar-refractivity contribution in [2.24, 2.45) is 0 Å².